The molecule has 11 heavy (non-hydrogen) atoms. The molecule has 1 N–H and O–H groups in total. The van der Waals surface area contributed by atoms with Crippen molar-refractivity contribution in [3.05, 3.63) is 0 Å². The lowest BCUT2D eigenvalue weighted by Gasteiger charge is -2.31. The van der Waals surface area contributed by atoms with Gasteiger partial charge in [0.2, 0.25) is 0 Å². The Hall–Kier alpha value is -0.520. The van der Waals surface area contributed by atoms with Crippen LogP contribution in [0.3, 0.4) is 0 Å². The van der Waals surface area contributed by atoms with E-state index >= 15 is 0 Å². The van der Waals surface area contributed by atoms with Crippen molar-refractivity contribution in [1.82, 2.24) is 5.32 Å². The fraction of sp³-hybridized carbons (Fsp3) is 0.778. The maximum Gasteiger partial charge on any atom is 0.0784 e. The molecule has 0 aliphatic heterocycles. The van der Waals surface area contributed by atoms with Gasteiger partial charge in [-0.25, -0.2) is 0 Å². The van der Waals surface area contributed by atoms with Gasteiger partial charge in [-0.1, -0.05) is 0 Å². The van der Waals surface area contributed by atoms with E-state index in [2.05, 4.69) is 11.2 Å². The summed E-state index contributed by atoms with van der Waals surface area (Å²) in [6.45, 7) is 4.04. The lowest BCUT2D eigenvalue weighted by atomic mass is 9.96. The van der Waals surface area contributed by atoms with Gasteiger partial charge in [-0.2, -0.15) is 0 Å². The van der Waals surface area contributed by atoms with Crippen molar-refractivity contribution < 1.29 is 4.74 Å². The van der Waals surface area contributed by atoms with E-state index in [0.29, 0.717) is 6.42 Å². The number of methoxy groups -OCH3 is 1. The number of likely N-dealkylation sites (N-methyl/N-ethyl adjacent to an activating group) is 1. The Bertz CT molecular complexity index is 146. The molecule has 0 amide bonds. The highest BCUT2D eigenvalue weighted by Crippen LogP contribution is 2.15. The van der Waals surface area contributed by atoms with E-state index in [1.165, 1.54) is 0 Å². The summed E-state index contributed by atoms with van der Waals surface area (Å²) in [6.07, 6.45) is 5.90. The lowest BCUT2D eigenvalue weighted by molar-refractivity contribution is -0.00666. The van der Waals surface area contributed by atoms with Gasteiger partial charge in [0.05, 0.1) is 5.60 Å². The summed E-state index contributed by atoms with van der Waals surface area (Å²) >= 11 is 0. The SMILES string of the molecule is C#CCC(NC)C(C)(C)OC. The van der Waals surface area contributed by atoms with E-state index < -0.39 is 0 Å². The molecular weight excluding hydrogens is 138 g/mol. The molecule has 0 fully saturated rings. The zero-order chi connectivity index (χ0) is 8.91. The van der Waals surface area contributed by atoms with Crippen molar-refractivity contribution in [1.29, 1.82) is 0 Å². The Kier molecular flexibility index (Phi) is 4.17. The van der Waals surface area contributed by atoms with Crippen LogP contribution >= 0.6 is 0 Å². The standard InChI is InChI=1S/C9H17NO/c1-6-7-8(10-4)9(2,3)11-5/h1,8,10H,7H2,2-5H3. The number of ether oxygens (including phenoxy) is 1. The Labute approximate surface area is 69.3 Å². The summed E-state index contributed by atoms with van der Waals surface area (Å²) in [6, 6.07) is 0.220. The average Bonchev–Trinajstić information content (AvgIpc) is 2.00. The first-order valence-corrected chi connectivity index (χ1v) is 3.74. The second-order valence-corrected chi connectivity index (χ2v) is 3.06. The molecule has 0 aliphatic rings. The van der Waals surface area contributed by atoms with E-state index in [-0.39, 0.29) is 11.6 Å². The minimum atomic E-state index is -0.193. The molecule has 0 heterocycles. The third-order valence-electron chi connectivity index (χ3n) is 2.04. The summed E-state index contributed by atoms with van der Waals surface area (Å²) in [5.74, 6) is 2.62. The first-order valence-electron chi connectivity index (χ1n) is 3.74. The first kappa shape index (κ1) is 10.5. The van der Waals surface area contributed by atoms with Crippen LogP contribution < -0.4 is 5.32 Å². The van der Waals surface area contributed by atoms with Crippen LogP contribution in [-0.4, -0.2) is 25.8 Å². The molecule has 0 spiro atoms. The van der Waals surface area contributed by atoms with Crippen molar-refractivity contribution in [3.8, 4) is 12.3 Å². The lowest BCUT2D eigenvalue weighted by Crippen LogP contribution is -2.46. The Balaban J connectivity index is 4.13. The van der Waals surface area contributed by atoms with Crippen LogP contribution in [0.1, 0.15) is 20.3 Å². The van der Waals surface area contributed by atoms with Gasteiger partial charge in [-0.05, 0) is 20.9 Å². The van der Waals surface area contributed by atoms with Crippen LogP contribution in [0.25, 0.3) is 0 Å². The summed E-state index contributed by atoms with van der Waals surface area (Å²) in [4.78, 5) is 0. The van der Waals surface area contributed by atoms with Crippen molar-refractivity contribution in [2.75, 3.05) is 14.2 Å². The quantitative estimate of drug-likeness (QED) is 0.612. The molecule has 0 aliphatic carbocycles. The second kappa shape index (κ2) is 4.38. The molecule has 0 bridgehead atoms. The second-order valence-electron chi connectivity index (χ2n) is 3.06. The zero-order valence-corrected chi connectivity index (χ0v) is 7.77. The molecule has 0 aromatic rings. The Morgan fingerprint density at radius 3 is 2.45 bits per heavy atom. The fourth-order valence-electron chi connectivity index (χ4n) is 0.956. The van der Waals surface area contributed by atoms with E-state index in [4.69, 9.17) is 11.2 Å². The predicted molar refractivity (Wildman–Crippen MR) is 47.4 cm³/mol. The molecule has 0 aromatic heterocycles. The van der Waals surface area contributed by atoms with Crippen molar-refractivity contribution in [3.63, 3.8) is 0 Å². The molecule has 0 saturated carbocycles. The smallest absolute Gasteiger partial charge is 0.0784 e. The minimum absolute atomic E-state index is 0.193. The highest BCUT2D eigenvalue weighted by atomic mass is 16.5. The van der Waals surface area contributed by atoms with Gasteiger partial charge in [-0.3, -0.25) is 0 Å². The van der Waals surface area contributed by atoms with Crippen LogP contribution in [-0.2, 0) is 4.74 Å². The summed E-state index contributed by atoms with van der Waals surface area (Å²) in [5.41, 5.74) is -0.193. The van der Waals surface area contributed by atoms with Crippen molar-refractivity contribution >= 4 is 0 Å². The van der Waals surface area contributed by atoms with Crippen LogP contribution in [0, 0.1) is 12.3 Å². The molecule has 1 atom stereocenters. The molecule has 0 rings (SSSR count). The predicted octanol–water partition coefficient (Wildman–Crippen LogP) is 1.02. The molecule has 2 nitrogen and oxygen atoms in total. The summed E-state index contributed by atoms with van der Waals surface area (Å²) in [5, 5.41) is 3.13. The molecular formula is C9H17NO. The van der Waals surface area contributed by atoms with Crippen LogP contribution in [0.5, 0.6) is 0 Å². The van der Waals surface area contributed by atoms with Crippen molar-refractivity contribution in [2.45, 2.75) is 31.9 Å². The zero-order valence-electron chi connectivity index (χ0n) is 7.77. The number of terminal acetylenes is 1. The third kappa shape index (κ3) is 2.92. The van der Waals surface area contributed by atoms with Gasteiger partial charge in [0, 0.05) is 19.6 Å². The number of hydrogen-bond donors (Lipinski definition) is 1. The molecule has 0 saturated heterocycles. The maximum absolute atomic E-state index is 5.29. The van der Waals surface area contributed by atoms with Crippen LogP contribution in [0.4, 0.5) is 0 Å². The topological polar surface area (TPSA) is 21.3 Å². The van der Waals surface area contributed by atoms with Gasteiger partial charge in [0.1, 0.15) is 0 Å². The van der Waals surface area contributed by atoms with E-state index in [1.54, 1.807) is 7.11 Å². The monoisotopic (exact) mass is 155 g/mol. The minimum Gasteiger partial charge on any atom is -0.377 e. The molecule has 2 heteroatoms. The molecule has 0 aromatic carbocycles. The first-order chi connectivity index (χ1) is 5.08. The largest absolute Gasteiger partial charge is 0.377 e. The average molecular weight is 155 g/mol. The Morgan fingerprint density at radius 2 is 2.18 bits per heavy atom. The van der Waals surface area contributed by atoms with Crippen molar-refractivity contribution in [2.24, 2.45) is 0 Å². The van der Waals surface area contributed by atoms with E-state index in [1.807, 2.05) is 20.9 Å². The van der Waals surface area contributed by atoms with Gasteiger partial charge in [0.15, 0.2) is 0 Å². The molecule has 1 unspecified atom stereocenters. The number of rotatable bonds is 4. The van der Waals surface area contributed by atoms with Crippen LogP contribution in [0.2, 0.25) is 0 Å². The third-order valence-corrected chi connectivity index (χ3v) is 2.04. The normalized spacial score (nSPS) is 14.1. The fourth-order valence-corrected chi connectivity index (χ4v) is 0.956. The van der Waals surface area contributed by atoms with Crippen LogP contribution in [0.15, 0.2) is 0 Å². The van der Waals surface area contributed by atoms with E-state index in [9.17, 15) is 0 Å². The maximum atomic E-state index is 5.29. The summed E-state index contributed by atoms with van der Waals surface area (Å²) < 4.78 is 5.29. The van der Waals surface area contributed by atoms with Gasteiger partial charge in [-0.15, -0.1) is 12.3 Å². The number of nitrogens with one attached hydrogen (secondary N) is 1. The van der Waals surface area contributed by atoms with Gasteiger partial charge < -0.3 is 10.1 Å². The number of hydrogen-bond acceptors (Lipinski definition) is 2. The summed E-state index contributed by atoms with van der Waals surface area (Å²) in [7, 11) is 3.59. The Morgan fingerprint density at radius 1 is 1.64 bits per heavy atom. The van der Waals surface area contributed by atoms with Gasteiger partial charge >= 0.3 is 0 Å². The highest BCUT2D eigenvalue weighted by molar-refractivity contribution is 4.96. The molecule has 64 valence electrons. The van der Waals surface area contributed by atoms with E-state index in [0.717, 1.165) is 0 Å². The van der Waals surface area contributed by atoms with Gasteiger partial charge in [0.25, 0.3) is 0 Å². The highest BCUT2D eigenvalue weighted by Gasteiger charge is 2.26. The molecule has 0 radical (unpaired) electrons.